The Balaban J connectivity index is 0.000000170. The summed E-state index contributed by atoms with van der Waals surface area (Å²) in [5.74, 6) is 0.929. The smallest absolute Gasteiger partial charge is 0.214 e. The number of hydrogen-bond donors (Lipinski definition) is 2. The van der Waals surface area contributed by atoms with Gasteiger partial charge in [-0.2, -0.15) is 0 Å². The predicted octanol–water partition coefficient (Wildman–Crippen LogP) is 2.46. The van der Waals surface area contributed by atoms with Gasteiger partial charge in [-0.15, -0.1) is 0 Å². The van der Waals surface area contributed by atoms with Crippen molar-refractivity contribution >= 4 is 27.0 Å². The maximum Gasteiger partial charge on any atom is 0.214 e. The monoisotopic (exact) mass is 417 g/mol. The minimum atomic E-state index is -2.95. The van der Waals surface area contributed by atoms with E-state index >= 15 is 0 Å². The third-order valence-electron chi connectivity index (χ3n) is 4.53. The van der Waals surface area contributed by atoms with Gasteiger partial charge in [0.25, 0.3) is 0 Å². The third kappa shape index (κ3) is 5.48. The lowest BCUT2D eigenvalue weighted by Gasteiger charge is -2.26. The summed E-state index contributed by atoms with van der Waals surface area (Å²) in [6.45, 7) is 5.35. The Bertz CT molecular complexity index is 1040. The maximum absolute atomic E-state index is 11.7. The van der Waals surface area contributed by atoms with Crippen LogP contribution in [0.2, 0.25) is 0 Å². The van der Waals surface area contributed by atoms with E-state index in [0.29, 0.717) is 22.8 Å². The first kappa shape index (κ1) is 21.1. The number of fused-ring (bicyclic) bond motifs is 1. The average molecular weight is 418 g/mol. The highest BCUT2D eigenvalue weighted by Crippen LogP contribution is 2.21. The molecule has 3 aromatic heterocycles. The molecule has 3 N–H and O–H groups in total. The second-order valence-corrected chi connectivity index (χ2v) is 9.43. The van der Waals surface area contributed by atoms with Crippen molar-refractivity contribution in [1.29, 1.82) is 0 Å². The van der Waals surface area contributed by atoms with E-state index in [1.54, 1.807) is 22.9 Å². The highest BCUT2D eigenvalue weighted by atomic mass is 32.2. The van der Waals surface area contributed by atoms with E-state index in [2.05, 4.69) is 24.9 Å². The van der Waals surface area contributed by atoms with Crippen LogP contribution in [0.1, 0.15) is 33.1 Å². The summed E-state index contributed by atoms with van der Waals surface area (Å²) in [4.78, 5) is 19.5. The van der Waals surface area contributed by atoms with Crippen LogP contribution in [-0.4, -0.2) is 56.5 Å². The SMILES string of the molecule is CC(C)CS(=O)(=O)N1CCCCC1.Nc1ncncc1-c1cnc2[nH]ccc2n1. The quantitative estimate of drug-likeness (QED) is 0.666. The molecule has 0 amide bonds. The molecule has 1 saturated heterocycles. The Kier molecular flexibility index (Phi) is 6.75. The number of aromatic amines is 1. The van der Waals surface area contributed by atoms with E-state index in [1.165, 1.54) is 12.7 Å². The zero-order valence-electron chi connectivity index (χ0n) is 16.7. The Morgan fingerprint density at radius 2 is 1.93 bits per heavy atom. The van der Waals surface area contributed by atoms with Crippen molar-refractivity contribution in [2.45, 2.75) is 33.1 Å². The van der Waals surface area contributed by atoms with Crippen molar-refractivity contribution in [3.05, 3.63) is 31.0 Å². The minimum Gasteiger partial charge on any atom is -0.383 e. The fourth-order valence-electron chi connectivity index (χ4n) is 3.17. The highest BCUT2D eigenvalue weighted by molar-refractivity contribution is 7.89. The fraction of sp³-hybridized carbons (Fsp3) is 0.474. The Hall–Kier alpha value is -2.59. The Morgan fingerprint density at radius 3 is 2.62 bits per heavy atom. The van der Waals surface area contributed by atoms with Gasteiger partial charge >= 0.3 is 0 Å². The van der Waals surface area contributed by atoms with E-state index in [1.807, 2.05) is 19.9 Å². The molecule has 0 radical (unpaired) electrons. The molecule has 0 aliphatic carbocycles. The predicted molar refractivity (Wildman–Crippen MR) is 113 cm³/mol. The normalized spacial score (nSPS) is 15.3. The molecule has 1 aliphatic heterocycles. The van der Waals surface area contributed by atoms with Crippen molar-refractivity contribution < 1.29 is 8.42 Å². The van der Waals surface area contributed by atoms with Crippen molar-refractivity contribution in [3.8, 4) is 11.3 Å². The summed E-state index contributed by atoms with van der Waals surface area (Å²) < 4.78 is 25.1. The summed E-state index contributed by atoms with van der Waals surface area (Å²) in [5.41, 5.74) is 8.65. The average Bonchev–Trinajstić information content (AvgIpc) is 3.16. The van der Waals surface area contributed by atoms with Crippen molar-refractivity contribution in [2.24, 2.45) is 5.92 Å². The van der Waals surface area contributed by atoms with Gasteiger partial charge in [-0.1, -0.05) is 20.3 Å². The lowest BCUT2D eigenvalue weighted by atomic mass is 10.2. The largest absolute Gasteiger partial charge is 0.383 e. The first-order chi connectivity index (χ1) is 13.9. The zero-order valence-corrected chi connectivity index (χ0v) is 17.6. The van der Waals surface area contributed by atoms with Crippen molar-refractivity contribution in [3.63, 3.8) is 0 Å². The van der Waals surface area contributed by atoms with E-state index < -0.39 is 10.0 Å². The van der Waals surface area contributed by atoms with Gasteiger partial charge in [0.2, 0.25) is 10.0 Å². The first-order valence-corrected chi connectivity index (χ1v) is 11.3. The standard InChI is InChI=1S/C10H8N6.C9H19NO2S/c11-9-6(3-12-5-15-9)8-4-14-10-7(16-8)1-2-13-10;1-9(2)8-13(11,12)10-6-4-3-5-7-10/h1-5H,(H,13,14)(H2,11,12,15);9H,3-8H2,1-2H3. The number of nitrogens with two attached hydrogens (primary N) is 1. The van der Waals surface area contributed by atoms with Crippen LogP contribution in [0.25, 0.3) is 22.4 Å². The van der Waals surface area contributed by atoms with Crippen molar-refractivity contribution in [1.82, 2.24) is 29.2 Å². The molecular weight excluding hydrogens is 390 g/mol. The number of H-pyrrole nitrogens is 1. The van der Waals surface area contributed by atoms with Crippen LogP contribution >= 0.6 is 0 Å². The van der Waals surface area contributed by atoms with Crippen LogP contribution in [0.4, 0.5) is 5.82 Å². The summed E-state index contributed by atoms with van der Waals surface area (Å²) in [5, 5.41) is 0. The van der Waals surface area contributed by atoms with Crippen LogP contribution in [0.3, 0.4) is 0 Å². The third-order valence-corrected chi connectivity index (χ3v) is 6.77. The molecule has 4 rings (SSSR count). The minimum absolute atomic E-state index is 0.229. The summed E-state index contributed by atoms with van der Waals surface area (Å²) >= 11 is 0. The van der Waals surface area contributed by atoms with Crippen LogP contribution in [-0.2, 0) is 10.0 Å². The van der Waals surface area contributed by atoms with Gasteiger partial charge in [-0.05, 0) is 24.8 Å². The Labute approximate surface area is 170 Å². The molecule has 3 aromatic rings. The molecule has 0 aromatic carbocycles. The number of nitrogens with one attached hydrogen (secondary N) is 1. The van der Waals surface area contributed by atoms with Crippen LogP contribution < -0.4 is 5.73 Å². The number of sulfonamides is 1. The van der Waals surface area contributed by atoms with E-state index in [4.69, 9.17) is 5.73 Å². The molecule has 4 heterocycles. The van der Waals surface area contributed by atoms with Gasteiger partial charge in [0.1, 0.15) is 17.7 Å². The van der Waals surface area contributed by atoms with E-state index in [0.717, 1.165) is 37.1 Å². The van der Waals surface area contributed by atoms with Gasteiger partial charge in [-0.25, -0.2) is 32.7 Å². The number of nitrogen functional groups attached to an aromatic ring is 1. The van der Waals surface area contributed by atoms with Crippen molar-refractivity contribution in [2.75, 3.05) is 24.6 Å². The number of piperidine rings is 1. The van der Waals surface area contributed by atoms with Gasteiger partial charge in [0.15, 0.2) is 5.65 Å². The molecule has 10 heteroatoms. The molecular formula is C19H27N7O2S. The molecule has 0 atom stereocenters. The van der Waals surface area contributed by atoms with Crippen LogP contribution in [0.15, 0.2) is 31.0 Å². The molecule has 156 valence electrons. The number of aromatic nitrogens is 5. The van der Waals surface area contributed by atoms with Gasteiger partial charge < -0.3 is 10.7 Å². The lowest BCUT2D eigenvalue weighted by Crippen LogP contribution is -2.38. The number of rotatable bonds is 4. The highest BCUT2D eigenvalue weighted by Gasteiger charge is 2.24. The number of anilines is 1. The molecule has 0 spiro atoms. The molecule has 1 fully saturated rings. The van der Waals surface area contributed by atoms with Gasteiger partial charge in [0.05, 0.1) is 23.2 Å². The van der Waals surface area contributed by atoms with E-state index in [-0.39, 0.29) is 5.92 Å². The van der Waals surface area contributed by atoms with Gasteiger partial charge in [0, 0.05) is 25.5 Å². The molecule has 0 unspecified atom stereocenters. The molecule has 9 nitrogen and oxygen atoms in total. The summed E-state index contributed by atoms with van der Waals surface area (Å²) in [7, 11) is -2.95. The first-order valence-electron chi connectivity index (χ1n) is 9.70. The maximum atomic E-state index is 11.7. The van der Waals surface area contributed by atoms with Gasteiger partial charge in [-0.3, -0.25) is 0 Å². The second-order valence-electron chi connectivity index (χ2n) is 7.42. The molecule has 1 aliphatic rings. The fourth-order valence-corrected chi connectivity index (χ4v) is 5.03. The lowest BCUT2D eigenvalue weighted by molar-refractivity contribution is 0.344. The van der Waals surface area contributed by atoms with Crippen LogP contribution in [0, 0.1) is 5.92 Å². The Morgan fingerprint density at radius 1 is 1.17 bits per heavy atom. The summed E-state index contributed by atoms with van der Waals surface area (Å²) in [6, 6.07) is 1.85. The zero-order chi connectivity index (χ0) is 20.9. The molecule has 0 bridgehead atoms. The van der Waals surface area contributed by atoms with E-state index in [9.17, 15) is 8.42 Å². The molecule has 29 heavy (non-hydrogen) atoms. The number of nitrogens with zero attached hydrogens (tertiary/aromatic N) is 5. The number of hydrogen-bond acceptors (Lipinski definition) is 7. The topological polar surface area (TPSA) is 131 Å². The van der Waals surface area contributed by atoms with Crippen LogP contribution in [0.5, 0.6) is 0 Å². The second kappa shape index (κ2) is 9.27. The molecule has 0 saturated carbocycles. The summed E-state index contributed by atoms with van der Waals surface area (Å²) in [6.07, 6.45) is 9.70.